The van der Waals surface area contributed by atoms with Gasteiger partial charge in [-0.05, 0) is 68.0 Å². The number of methoxy groups -OCH3 is 1. The molecule has 4 heteroatoms. The summed E-state index contributed by atoms with van der Waals surface area (Å²) in [5.41, 5.74) is 5.54. The Balaban J connectivity index is 1.87. The smallest absolute Gasteiger partial charge is 0.366 e. The zero-order valence-corrected chi connectivity index (χ0v) is 14.3. The molecule has 124 valence electrons. The molecule has 0 N–H and O–H groups in total. The molecule has 0 bridgehead atoms. The Bertz CT molecular complexity index is 809. The molecule has 0 heterocycles. The standard InChI is InChI=1S/C20H21NO3/c1-13-7-4-5-9-16(13)20(22)24-21-18-10-6-8-15-12-19(23-3)14(2)11-17(15)18/h4-5,7,9,11-12H,6,8,10H2,1-3H3/b21-18+. The lowest BCUT2D eigenvalue weighted by molar-refractivity contribution is 0.0514. The van der Waals surface area contributed by atoms with Gasteiger partial charge < -0.3 is 9.57 Å². The highest BCUT2D eigenvalue weighted by Gasteiger charge is 2.19. The average Bonchev–Trinajstić information content (AvgIpc) is 2.59. The highest BCUT2D eigenvalue weighted by Crippen LogP contribution is 2.29. The van der Waals surface area contributed by atoms with Crippen LogP contribution in [0.3, 0.4) is 0 Å². The van der Waals surface area contributed by atoms with Crippen molar-refractivity contribution >= 4 is 11.7 Å². The zero-order chi connectivity index (χ0) is 17.1. The molecule has 0 saturated heterocycles. The first-order valence-electron chi connectivity index (χ1n) is 8.12. The first-order chi connectivity index (χ1) is 11.6. The van der Waals surface area contributed by atoms with Crippen molar-refractivity contribution in [2.75, 3.05) is 7.11 Å². The van der Waals surface area contributed by atoms with Crippen LogP contribution in [0.15, 0.2) is 41.6 Å². The highest BCUT2D eigenvalue weighted by atomic mass is 16.7. The fourth-order valence-electron chi connectivity index (χ4n) is 3.05. The number of oxime groups is 1. The number of ether oxygens (including phenoxy) is 1. The number of nitrogens with zero attached hydrogens (tertiary/aromatic N) is 1. The predicted octanol–water partition coefficient (Wildman–Crippen LogP) is 4.21. The molecule has 3 rings (SSSR count). The van der Waals surface area contributed by atoms with Crippen molar-refractivity contribution in [2.45, 2.75) is 33.1 Å². The van der Waals surface area contributed by atoms with E-state index in [-0.39, 0.29) is 0 Å². The molecule has 0 amide bonds. The fraction of sp³-hybridized carbons (Fsp3) is 0.300. The summed E-state index contributed by atoms with van der Waals surface area (Å²) >= 11 is 0. The maximum absolute atomic E-state index is 12.2. The van der Waals surface area contributed by atoms with Crippen LogP contribution in [0.1, 0.15) is 45.5 Å². The normalized spacial score (nSPS) is 15.0. The van der Waals surface area contributed by atoms with Crippen LogP contribution in [0, 0.1) is 13.8 Å². The lowest BCUT2D eigenvalue weighted by Gasteiger charge is -2.19. The van der Waals surface area contributed by atoms with E-state index in [1.54, 1.807) is 13.2 Å². The largest absolute Gasteiger partial charge is 0.496 e. The number of aryl methyl sites for hydroxylation is 3. The molecule has 0 saturated carbocycles. The van der Waals surface area contributed by atoms with Crippen molar-refractivity contribution in [2.24, 2.45) is 5.16 Å². The molecule has 1 aliphatic carbocycles. The Labute approximate surface area is 142 Å². The van der Waals surface area contributed by atoms with E-state index in [4.69, 9.17) is 9.57 Å². The molecule has 2 aromatic carbocycles. The van der Waals surface area contributed by atoms with Gasteiger partial charge in [0.2, 0.25) is 0 Å². The van der Waals surface area contributed by atoms with E-state index in [1.165, 1.54) is 5.56 Å². The van der Waals surface area contributed by atoms with Crippen molar-refractivity contribution in [3.63, 3.8) is 0 Å². The number of hydrogen-bond donors (Lipinski definition) is 0. The predicted molar refractivity (Wildman–Crippen MR) is 93.8 cm³/mol. The van der Waals surface area contributed by atoms with Crippen molar-refractivity contribution in [3.8, 4) is 5.75 Å². The van der Waals surface area contributed by atoms with Gasteiger partial charge in [-0.15, -0.1) is 0 Å². The van der Waals surface area contributed by atoms with Gasteiger partial charge in [-0.2, -0.15) is 0 Å². The molecule has 2 aromatic rings. The van der Waals surface area contributed by atoms with Crippen LogP contribution in [0.25, 0.3) is 0 Å². The second-order valence-electron chi connectivity index (χ2n) is 6.06. The molecule has 4 nitrogen and oxygen atoms in total. The Morgan fingerprint density at radius 3 is 2.62 bits per heavy atom. The topological polar surface area (TPSA) is 47.9 Å². The van der Waals surface area contributed by atoms with Crippen LogP contribution in [-0.4, -0.2) is 18.8 Å². The number of carbonyl (C=O) groups excluding carboxylic acids is 1. The lowest BCUT2D eigenvalue weighted by Crippen LogP contribution is -2.14. The summed E-state index contributed by atoms with van der Waals surface area (Å²) in [4.78, 5) is 17.5. The average molecular weight is 323 g/mol. The van der Waals surface area contributed by atoms with Gasteiger partial charge >= 0.3 is 5.97 Å². The van der Waals surface area contributed by atoms with Gasteiger partial charge in [0.25, 0.3) is 0 Å². The minimum atomic E-state index is -0.419. The van der Waals surface area contributed by atoms with Crippen LogP contribution < -0.4 is 4.74 Å². The molecule has 0 aliphatic heterocycles. The minimum absolute atomic E-state index is 0.419. The van der Waals surface area contributed by atoms with Gasteiger partial charge in [0, 0.05) is 5.56 Å². The van der Waals surface area contributed by atoms with E-state index in [0.29, 0.717) is 5.56 Å². The van der Waals surface area contributed by atoms with Gasteiger partial charge in [0.05, 0.1) is 18.4 Å². The monoisotopic (exact) mass is 323 g/mol. The third-order valence-corrected chi connectivity index (χ3v) is 4.40. The van der Waals surface area contributed by atoms with Crippen LogP contribution in [0.2, 0.25) is 0 Å². The molecule has 0 fully saturated rings. The first kappa shape index (κ1) is 16.2. The third kappa shape index (κ3) is 3.18. The van der Waals surface area contributed by atoms with Crippen molar-refractivity contribution in [1.29, 1.82) is 0 Å². The number of rotatable bonds is 3. The highest BCUT2D eigenvalue weighted by molar-refractivity contribution is 6.03. The molecule has 0 aromatic heterocycles. The molecular weight excluding hydrogens is 302 g/mol. The SMILES string of the molecule is COc1cc2c(cc1C)/C(=N/OC(=O)c1ccccc1C)CCC2. The maximum atomic E-state index is 12.2. The van der Waals surface area contributed by atoms with Crippen LogP contribution >= 0.6 is 0 Å². The van der Waals surface area contributed by atoms with Gasteiger partial charge in [0.1, 0.15) is 5.75 Å². The van der Waals surface area contributed by atoms with E-state index >= 15 is 0 Å². The molecule has 0 unspecified atom stereocenters. The van der Waals surface area contributed by atoms with E-state index in [9.17, 15) is 4.79 Å². The summed E-state index contributed by atoms with van der Waals surface area (Å²) in [6, 6.07) is 11.5. The van der Waals surface area contributed by atoms with Crippen molar-refractivity contribution in [3.05, 3.63) is 64.2 Å². The summed E-state index contributed by atoms with van der Waals surface area (Å²) in [6.45, 7) is 3.89. The van der Waals surface area contributed by atoms with E-state index < -0.39 is 5.97 Å². The first-order valence-corrected chi connectivity index (χ1v) is 8.12. The summed E-state index contributed by atoms with van der Waals surface area (Å²) < 4.78 is 5.39. The van der Waals surface area contributed by atoms with E-state index in [2.05, 4.69) is 17.3 Å². The summed E-state index contributed by atoms with van der Waals surface area (Å²) in [5.74, 6) is 0.463. The second kappa shape index (κ2) is 6.87. The number of benzene rings is 2. The van der Waals surface area contributed by atoms with Crippen LogP contribution in [-0.2, 0) is 11.3 Å². The van der Waals surface area contributed by atoms with Crippen LogP contribution in [0.5, 0.6) is 5.75 Å². The third-order valence-electron chi connectivity index (χ3n) is 4.40. The fourth-order valence-corrected chi connectivity index (χ4v) is 3.05. The molecule has 0 radical (unpaired) electrons. The minimum Gasteiger partial charge on any atom is -0.496 e. The van der Waals surface area contributed by atoms with Gasteiger partial charge in [0.15, 0.2) is 0 Å². The Kier molecular flexibility index (Phi) is 4.65. The molecular formula is C20H21NO3. The van der Waals surface area contributed by atoms with Crippen molar-refractivity contribution < 1.29 is 14.4 Å². The molecule has 1 aliphatic rings. The number of hydrogen-bond acceptors (Lipinski definition) is 4. The summed E-state index contributed by atoms with van der Waals surface area (Å²) in [5, 5.41) is 4.16. The zero-order valence-electron chi connectivity index (χ0n) is 14.3. The number of carbonyl (C=O) groups is 1. The molecule has 0 atom stereocenters. The number of fused-ring (bicyclic) bond motifs is 1. The quantitative estimate of drug-likeness (QED) is 0.628. The Morgan fingerprint density at radius 1 is 1.08 bits per heavy atom. The van der Waals surface area contributed by atoms with Gasteiger partial charge in [-0.25, -0.2) is 4.79 Å². The summed E-state index contributed by atoms with van der Waals surface area (Å²) in [6.07, 6.45) is 2.77. The molecule has 24 heavy (non-hydrogen) atoms. The van der Waals surface area contributed by atoms with E-state index in [0.717, 1.165) is 47.4 Å². The lowest BCUT2D eigenvalue weighted by atomic mass is 9.88. The maximum Gasteiger partial charge on any atom is 0.366 e. The Hall–Kier alpha value is -2.62. The Morgan fingerprint density at radius 2 is 1.88 bits per heavy atom. The van der Waals surface area contributed by atoms with Crippen LogP contribution in [0.4, 0.5) is 0 Å². The van der Waals surface area contributed by atoms with E-state index in [1.807, 2.05) is 32.0 Å². The van der Waals surface area contributed by atoms with Gasteiger partial charge in [-0.3, -0.25) is 0 Å². The van der Waals surface area contributed by atoms with Crippen molar-refractivity contribution in [1.82, 2.24) is 0 Å². The summed E-state index contributed by atoms with van der Waals surface area (Å²) in [7, 11) is 1.68. The second-order valence-corrected chi connectivity index (χ2v) is 6.06. The van der Waals surface area contributed by atoms with Gasteiger partial charge in [-0.1, -0.05) is 23.4 Å². The molecule has 0 spiro atoms.